The van der Waals surface area contributed by atoms with Crippen LogP contribution in [-0.2, 0) is 9.59 Å². The van der Waals surface area contributed by atoms with E-state index >= 15 is 0 Å². The minimum atomic E-state index is -1.05. The van der Waals surface area contributed by atoms with Crippen LogP contribution < -0.4 is 14.8 Å². The Bertz CT molecular complexity index is 626. The first-order valence-corrected chi connectivity index (χ1v) is 8.10. The molecule has 1 rings (SSSR count). The Morgan fingerprint density at radius 3 is 2.40 bits per heavy atom. The van der Waals surface area contributed by atoms with Gasteiger partial charge in [-0.2, -0.15) is 0 Å². The van der Waals surface area contributed by atoms with E-state index in [4.69, 9.17) is 14.6 Å². The van der Waals surface area contributed by atoms with Gasteiger partial charge < -0.3 is 19.9 Å². The lowest BCUT2D eigenvalue weighted by molar-refractivity contribution is -0.143. The van der Waals surface area contributed by atoms with Gasteiger partial charge in [-0.15, -0.1) is 0 Å². The zero-order chi connectivity index (χ0) is 19.0. The molecular formula is C18H25NO6. The average Bonchev–Trinajstić information content (AvgIpc) is 2.55. The largest absolute Gasteiger partial charge is 0.493 e. The average molecular weight is 351 g/mol. The fraction of sp³-hybridized carbons (Fsp3) is 0.500. The summed E-state index contributed by atoms with van der Waals surface area (Å²) in [5.41, 5.74) is 0.525. The van der Waals surface area contributed by atoms with Crippen LogP contribution in [0.25, 0.3) is 0 Å². The van der Waals surface area contributed by atoms with Crippen LogP contribution in [0.5, 0.6) is 11.5 Å². The predicted molar refractivity (Wildman–Crippen MR) is 92.1 cm³/mol. The van der Waals surface area contributed by atoms with Gasteiger partial charge in [-0.1, -0.05) is 13.8 Å². The highest BCUT2D eigenvalue weighted by molar-refractivity contribution is 5.94. The number of methoxy groups -OCH3 is 1. The maximum absolute atomic E-state index is 11.8. The summed E-state index contributed by atoms with van der Waals surface area (Å²) in [6.07, 6.45) is 0.582. The summed E-state index contributed by atoms with van der Waals surface area (Å²) in [4.78, 5) is 34.2. The van der Waals surface area contributed by atoms with Gasteiger partial charge in [-0.05, 0) is 37.5 Å². The molecule has 7 nitrogen and oxygen atoms in total. The monoisotopic (exact) mass is 351 g/mol. The number of benzene rings is 1. The van der Waals surface area contributed by atoms with Crippen molar-refractivity contribution in [2.45, 2.75) is 39.7 Å². The van der Waals surface area contributed by atoms with Crippen LogP contribution in [0.4, 0.5) is 0 Å². The number of carbonyl (C=O) groups is 3. The molecule has 0 saturated carbocycles. The number of carboxylic acids is 1. The maximum Gasteiger partial charge on any atom is 0.326 e. The first-order chi connectivity index (χ1) is 11.8. The van der Waals surface area contributed by atoms with Crippen molar-refractivity contribution >= 4 is 17.7 Å². The van der Waals surface area contributed by atoms with Crippen molar-refractivity contribution in [2.24, 2.45) is 5.92 Å². The number of rotatable bonds is 10. The standard InChI is InChI=1S/C18H25NO6/c1-11(2)17(18(22)23)19-16(21)6-5-9-25-14-8-7-13(12(3)20)10-15(14)24-4/h7-8,10-11,17H,5-6,9H2,1-4H3,(H,19,21)(H,22,23)/t17-/m1/s1. The van der Waals surface area contributed by atoms with Gasteiger partial charge in [-0.25, -0.2) is 4.79 Å². The summed E-state index contributed by atoms with van der Waals surface area (Å²) >= 11 is 0. The molecule has 0 heterocycles. The zero-order valence-electron chi connectivity index (χ0n) is 15.0. The molecule has 0 radical (unpaired) electrons. The molecule has 25 heavy (non-hydrogen) atoms. The van der Waals surface area contributed by atoms with Crippen LogP contribution in [0.2, 0.25) is 0 Å². The highest BCUT2D eigenvalue weighted by atomic mass is 16.5. The van der Waals surface area contributed by atoms with E-state index in [9.17, 15) is 14.4 Å². The third-order valence-corrected chi connectivity index (χ3v) is 3.63. The van der Waals surface area contributed by atoms with E-state index in [0.29, 0.717) is 23.5 Å². The van der Waals surface area contributed by atoms with Crippen LogP contribution in [0.15, 0.2) is 18.2 Å². The first-order valence-electron chi connectivity index (χ1n) is 8.10. The predicted octanol–water partition coefficient (Wildman–Crippen LogP) is 2.28. The Morgan fingerprint density at radius 1 is 1.20 bits per heavy atom. The van der Waals surface area contributed by atoms with E-state index in [1.165, 1.54) is 14.0 Å². The van der Waals surface area contributed by atoms with Crippen molar-refractivity contribution in [3.05, 3.63) is 23.8 Å². The fourth-order valence-electron chi connectivity index (χ4n) is 2.18. The third-order valence-electron chi connectivity index (χ3n) is 3.63. The molecule has 138 valence electrons. The van der Waals surface area contributed by atoms with Crippen LogP contribution in [0, 0.1) is 5.92 Å². The van der Waals surface area contributed by atoms with Crippen molar-refractivity contribution in [2.75, 3.05) is 13.7 Å². The lowest BCUT2D eigenvalue weighted by atomic mass is 10.0. The summed E-state index contributed by atoms with van der Waals surface area (Å²) < 4.78 is 10.8. The highest BCUT2D eigenvalue weighted by Gasteiger charge is 2.23. The Morgan fingerprint density at radius 2 is 1.88 bits per heavy atom. The Kier molecular flexibility index (Phi) is 7.91. The van der Waals surface area contributed by atoms with Crippen molar-refractivity contribution in [3.8, 4) is 11.5 Å². The molecule has 1 atom stereocenters. The maximum atomic E-state index is 11.8. The Labute approximate surface area is 147 Å². The number of ether oxygens (including phenoxy) is 2. The molecule has 7 heteroatoms. The molecule has 0 aliphatic heterocycles. The second kappa shape index (κ2) is 9.66. The number of ketones is 1. The normalized spacial score (nSPS) is 11.7. The topological polar surface area (TPSA) is 102 Å². The first kappa shape index (κ1) is 20.5. The van der Waals surface area contributed by atoms with Gasteiger partial charge in [-0.3, -0.25) is 9.59 Å². The molecule has 0 saturated heterocycles. The Hall–Kier alpha value is -2.57. The van der Waals surface area contributed by atoms with E-state index in [1.807, 2.05) is 0 Å². The van der Waals surface area contributed by atoms with E-state index in [1.54, 1.807) is 32.0 Å². The second-order valence-corrected chi connectivity index (χ2v) is 6.00. The molecule has 2 N–H and O–H groups in total. The fourth-order valence-corrected chi connectivity index (χ4v) is 2.18. The van der Waals surface area contributed by atoms with Crippen LogP contribution in [0.1, 0.15) is 44.0 Å². The summed E-state index contributed by atoms with van der Waals surface area (Å²) in [5, 5.41) is 11.6. The smallest absolute Gasteiger partial charge is 0.326 e. The number of carboxylic acid groups (broad SMARTS) is 1. The van der Waals surface area contributed by atoms with Crippen molar-refractivity contribution in [1.29, 1.82) is 0 Å². The molecule has 0 aliphatic rings. The molecule has 1 aromatic rings. The molecule has 0 fully saturated rings. The third kappa shape index (κ3) is 6.45. The number of carbonyl (C=O) groups excluding carboxylic acids is 2. The van der Waals surface area contributed by atoms with Gasteiger partial charge in [0.1, 0.15) is 6.04 Å². The van der Waals surface area contributed by atoms with E-state index in [2.05, 4.69) is 5.32 Å². The number of aliphatic carboxylic acids is 1. The minimum Gasteiger partial charge on any atom is -0.493 e. The van der Waals surface area contributed by atoms with Crippen LogP contribution in [0.3, 0.4) is 0 Å². The molecule has 1 aromatic carbocycles. The summed E-state index contributed by atoms with van der Waals surface area (Å²) in [7, 11) is 1.48. The second-order valence-electron chi connectivity index (χ2n) is 6.00. The van der Waals surface area contributed by atoms with Crippen molar-refractivity contribution < 1.29 is 29.0 Å². The van der Waals surface area contributed by atoms with Crippen molar-refractivity contribution in [3.63, 3.8) is 0 Å². The Balaban J connectivity index is 2.49. The highest BCUT2D eigenvalue weighted by Crippen LogP contribution is 2.28. The van der Waals surface area contributed by atoms with Gasteiger partial charge in [0.25, 0.3) is 0 Å². The molecule has 1 amide bonds. The minimum absolute atomic E-state index is 0.0698. The van der Waals surface area contributed by atoms with E-state index in [-0.39, 0.29) is 30.6 Å². The van der Waals surface area contributed by atoms with Crippen LogP contribution >= 0.6 is 0 Å². The molecule has 0 unspecified atom stereocenters. The lowest BCUT2D eigenvalue weighted by Crippen LogP contribution is -2.44. The molecule has 0 aliphatic carbocycles. The summed E-state index contributed by atoms with van der Waals surface area (Å²) in [6.45, 7) is 5.20. The summed E-state index contributed by atoms with van der Waals surface area (Å²) in [5.74, 6) is -0.707. The number of hydrogen-bond acceptors (Lipinski definition) is 5. The number of amides is 1. The van der Waals surface area contributed by atoms with Gasteiger partial charge in [0.15, 0.2) is 17.3 Å². The number of hydrogen-bond donors (Lipinski definition) is 2. The molecule has 0 spiro atoms. The van der Waals surface area contributed by atoms with Gasteiger partial charge in [0.2, 0.25) is 5.91 Å². The molecule has 0 aromatic heterocycles. The van der Waals surface area contributed by atoms with Gasteiger partial charge in [0, 0.05) is 12.0 Å². The van der Waals surface area contributed by atoms with Gasteiger partial charge >= 0.3 is 5.97 Å². The lowest BCUT2D eigenvalue weighted by Gasteiger charge is -2.18. The molecular weight excluding hydrogens is 326 g/mol. The van der Waals surface area contributed by atoms with Crippen molar-refractivity contribution in [1.82, 2.24) is 5.32 Å². The zero-order valence-corrected chi connectivity index (χ0v) is 15.0. The molecule has 0 bridgehead atoms. The summed E-state index contributed by atoms with van der Waals surface area (Å²) in [6, 6.07) is 4.00. The van der Waals surface area contributed by atoms with E-state index in [0.717, 1.165) is 0 Å². The van der Waals surface area contributed by atoms with Gasteiger partial charge in [0.05, 0.1) is 13.7 Å². The van der Waals surface area contributed by atoms with E-state index < -0.39 is 12.0 Å². The number of nitrogens with one attached hydrogen (secondary N) is 1. The quantitative estimate of drug-likeness (QED) is 0.495. The van der Waals surface area contributed by atoms with Crippen LogP contribution in [-0.4, -0.2) is 42.5 Å². The number of Topliss-reactive ketones (excluding diaryl/α,β-unsaturated/α-hetero) is 1. The SMILES string of the molecule is COc1cc(C(C)=O)ccc1OCCCC(=O)N[C@@H](C(=O)O)C(C)C.